The molecule has 116 valence electrons. The molecule has 6 heteroatoms. The summed E-state index contributed by atoms with van der Waals surface area (Å²) in [5.41, 5.74) is 0.882. The highest BCUT2D eigenvalue weighted by molar-refractivity contribution is 5.95. The minimum atomic E-state index is -0.00773. The fraction of sp³-hybridized carbons (Fsp3) is 0.733. The zero-order valence-corrected chi connectivity index (χ0v) is 13.1. The molecular formula is C15H24N4O2. The predicted octanol–water partition coefficient (Wildman–Crippen LogP) is 1.03. The molecule has 3 rings (SSSR count). The van der Waals surface area contributed by atoms with E-state index in [0.29, 0.717) is 6.54 Å². The normalized spacial score (nSPS) is 26.5. The maximum Gasteiger partial charge on any atom is 0.241 e. The summed E-state index contributed by atoms with van der Waals surface area (Å²) in [6.45, 7) is 7.21. The zero-order chi connectivity index (χ0) is 15.0. The summed E-state index contributed by atoms with van der Waals surface area (Å²) in [5, 5.41) is 4.13. The Kier molecular flexibility index (Phi) is 3.75. The van der Waals surface area contributed by atoms with Gasteiger partial charge in [0.05, 0.1) is 30.1 Å². The molecule has 1 unspecified atom stereocenters. The number of ether oxygens (including phenoxy) is 1. The molecule has 1 amide bonds. The number of nitrogens with zero attached hydrogens (tertiary/aromatic N) is 4. The van der Waals surface area contributed by atoms with Gasteiger partial charge in [0.2, 0.25) is 5.91 Å². The summed E-state index contributed by atoms with van der Waals surface area (Å²) < 4.78 is 7.75. The number of amides is 1. The van der Waals surface area contributed by atoms with Crippen LogP contribution in [0.1, 0.15) is 26.7 Å². The lowest BCUT2D eigenvalue weighted by Gasteiger charge is -2.35. The molecule has 0 saturated carbocycles. The summed E-state index contributed by atoms with van der Waals surface area (Å²) in [5.74, 6) is 0.145. The van der Waals surface area contributed by atoms with Crippen LogP contribution >= 0.6 is 0 Å². The van der Waals surface area contributed by atoms with E-state index in [4.69, 9.17) is 4.74 Å². The number of piperazine rings is 1. The number of aromatic nitrogens is 2. The van der Waals surface area contributed by atoms with E-state index in [-0.39, 0.29) is 17.6 Å². The second-order valence-corrected chi connectivity index (χ2v) is 6.69. The third kappa shape index (κ3) is 3.27. The fourth-order valence-electron chi connectivity index (χ4n) is 3.19. The Bertz CT molecular complexity index is 525. The van der Waals surface area contributed by atoms with Gasteiger partial charge < -0.3 is 9.64 Å². The topological polar surface area (TPSA) is 50.6 Å². The number of rotatable bonds is 3. The molecule has 2 saturated heterocycles. The van der Waals surface area contributed by atoms with Crippen LogP contribution in [0, 0.1) is 0 Å². The summed E-state index contributed by atoms with van der Waals surface area (Å²) >= 11 is 0. The van der Waals surface area contributed by atoms with Crippen molar-refractivity contribution in [1.82, 2.24) is 14.7 Å². The number of hydrogen-bond acceptors (Lipinski definition) is 4. The van der Waals surface area contributed by atoms with Crippen LogP contribution in [-0.4, -0.2) is 58.5 Å². The Morgan fingerprint density at radius 3 is 2.81 bits per heavy atom. The second-order valence-electron chi connectivity index (χ2n) is 6.69. The molecule has 2 fully saturated rings. The van der Waals surface area contributed by atoms with E-state index >= 15 is 0 Å². The van der Waals surface area contributed by atoms with Crippen LogP contribution in [0.5, 0.6) is 0 Å². The Morgan fingerprint density at radius 1 is 1.43 bits per heavy atom. The first-order chi connectivity index (χ1) is 9.93. The largest absolute Gasteiger partial charge is 0.371 e. The minimum absolute atomic E-state index is 0.00773. The quantitative estimate of drug-likeness (QED) is 0.835. The zero-order valence-electron chi connectivity index (χ0n) is 13.1. The van der Waals surface area contributed by atoms with Gasteiger partial charge in [-0.2, -0.15) is 5.10 Å². The van der Waals surface area contributed by atoms with E-state index in [1.54, 1.807) is 10.9 Å². The third-order valence-corrected chi connectivity index (χ3v) is 4.32. The summed E-state index contributed by atoms with van der Waals surface area (Å²) in [6, 6.07) is 0. The molecule has 21 heavy (non-hydrogen) atoms. The van der Waals surface area contributed by atoms with Crippen molar-refractivity contribution in [3.8, 4) is 0 Å². The molecule has 2 aliphatic rings. The van der Waals surface area contributed by atoms with Crippen LogP contribution in [-0.2, 0) is 16.6 Å². The average molecular weight is 292 g/mol. The number of carbonyl (C=O) groups is 1. The number of hydrogen-bond donors (Lipinski definition) is 0. The van der Waals surface area contributed by atoms with Crippen molar-refractivity contribution in [1.29, 1.82) is 0 Å². The molecule has 1 aromatic rings. The smallest absolute Gasteiger partial charge is 0.241 e. The van der Waals surface area contributed by atoms with E-state index in [0.717, 1.165) is 38.2 Å². The van der Waals surface area contributed by atoms with Crippen molar-refractivity contribution >= 4 is 11.6 Å². The predicted molar refractivity (Wildman–Crippen MR) is 80.2 cm³/mol. The molecule has 0 spiro atoms. The highest BCUT2D eigenvalue weighted by Crippen LogP contribution is 2.30. The Morgan fingerprint density at radius 2 is 2.24 bits per heavy atom. The molecule has 2 aliphatic heterocycles. The third-order valence-electron chi connectivity index (χ3n) is 4.32. The minimum Gasteiger partial charge on any atom is -0.371 e. The molecule has 1 atom stereocenters. The number of carbonyl (C=O) groups excluding carboxylic acids is 1. The second kappa shape index (κ2) is 5.42. The van der Waals surface area contributed by atoms with Crippen molar-refractivity contribution in [2.75, 3.05) is 31.1 Å². The molecule has 1 aromatic heterocycles. The summed E-state index contributed by atoms with van der Waals surface area (Å²) in [6.07, 6.45) is 6.08. The first-order valence-electron chi connectivity index (χ1n) is 7.62. The van der Waals surface area contributed by atoms with E-state index in [9.17, 15) is 4.79 Å². The SMILES string of the molecule is Cn1cc(N2CCN(CC3CCC(C)(C)O3)CC2=O)cn1. The van der Waals surface area contributed by atoms with E-state index in [1.807, 2.05) is 18.1 Å². The number of anilines is 1. The van der Waals surface area contributed by atoms with Gasteiger partial charge in [0.1, 0.15) is 0 Å². The lowest BCUT2D eigenvalue weighted by atomic mass is 10.1. The van der Waals surface area contributed by atoms with Gasteiger partial charge in [-0.05, 0) is 26.7 Å². The van der Waals surface area contributed by atoms with Gasteiger partial charge in [0, 0.05) is 32.9 Å². The van der Waals surface area contributed by atoms with Crippen molar-refractivity contribution in [3.05, 3.63) is 12.4 Å². The molecule has 0 aromatic carbocycles. The van der Waals surface area contributed by atoms with E-state index in [2.05, 4.69) is 23.8 Å². The number of aryl methyl sites for hydroxylation is 1. The van der Waals surface area contributed by atoms with Crippen LogP contribution < -0.4 is 4.90 Å². The van der Waals surface area contributed by atoms with Gasteiger partial charge >= 0.3 is 0 Å². The average Bonchev–Trinajstić information content (AvgIpc) is 2.96. The van der Waals surface area contributed by atoms with Gasteiger partial charge in [0.15, 0.2) is 0 Å². The van der Waals surface area contributed by atoms with Crippen LogP contribution in [0.4, 0.5) is 5.69 Å². The highest BCUT2D eigenvalue weighted by atomic mass is 16.5. The van der Waals surface area contributed by atoms with Crippen molar-refractivity contribution < 1.29 is 9.53 Å². The van der Waals surface area contributed by atoms with E-state index < -0.39 is 0 Å². The Labute approximate surface area is 125 Å². The van der Waals surface area contributed by atoms with Gasteiger partial charge in [0.25, 0.3) is 0 Å². The molecule has 6 nitrogen and oxygen atoms in total. The molecule has 0 bridgehead atoms. The Hall–Kier alpha value is -1.40. The first-order valence-corrected chi connectivity index (χ1v) is 7.62. The van der Waals surface area contributed by atoms with Crippen molar-refractivity contribution in [2.45, 2.75) is 38.4 Å². The Balaban J connectivity index is 1.55. The highest BCUT2D eigenvalue weighted by Gasteiger charge is 2.34. The van der Waals surface area contributed by atoms with Crippen LogP contribution in [0.25, 0.3) is 0 Å². The lowest BCUT2D eigenvalue weighted by molar-refractivity contribution is -0.122. The monoisotopic (exact) mass is 292 g/mol. The standard InChI is InChI=1S/C15H24N4O2/c1-15(2)5-4-13(21-15)10-18-6-7-19(14(20)11-18)12-8-16-17(3)9-12/h8-9,13H,4-7,10-11H2,1-3H3. The van der Waals surface area contributed by atoms with Gasteiger partial charge in [-0.3, -0.25) is 14.4 Å². The lowest BCUT2D eigenvalue weighted by Crippen LogP contribution is -2.52. The van der Waals surface area contributed by atoms with Crippen LogP contribution in [0.2, 0.25) is 0 Å². The van der Waals surface area contributed by atoms with Crippen molar-refractivity contribution in [3.63, 3.8) is 0 Å². The maximum absolute atomic E-state index is 12.3. The molecular weight excluding hydrogens is 268 g/mol. The van der Waals surface area contributed by atoms with Gasteiger partial charge in [-0.1, -0.05) is 0 Å². The van der Waals surface area contributed by atoms with Crippen molar-refractivity contribution in [2.24, 2.45) is 7.05 Å². The molecule has 0 N–H and O–H groups in total. The summed E-state index contributed by atoms with van der Waals surface area (Å²) in [7, 11) is 1.86. The van der Waals surface area contributed by atoms with Crippen LogP contribution in [0.3, 0.4) is 0 Å². The van der Waals surface area contributed by atoms with E-state index in [1.165, 1.54) is 0 Å². The van der Waals surface area contributed by atoms with Crippen LogP contribution in [0.15, 0.2) is 12.4 Å². The molecule has 0 radical (unpaired) electrons. The maximum atomic E-state index is 12.3. The van der Waals surface area contributed by atoms with Gasteiger partial charge in [-0.25, -0.2) is 0 Å². The first kappa shape index (κ1) is 14.5. The molecule has 0 aliphatic carbocycles. The van der Waals surface area contributed by atoms with Gasteiger partial charge in [-0.15, -0.1) is 0 Å². The fourth-order valence-corrected chi connectivity index (χ4v) is 3.19. The summed E-state index contributed by atoms with van der Waals surface area (Å²) in [4.78, 5) is 16.4. The molecule has 3 heterocycles.